The number of nitrogens with zero attached hydrogens (tertiary/aromatic N) is 1. The van der Waals surface area contributed by atoms with E-state index in [2.05, 4.69) is 0 Å². The Bertz CT molecular complexity index is 632. The second-order valence-corrected chi connectivity index (χ2v) is 3.83. The monoisotopic (exact) mass is 255 g/mol. The number of benzene rings is 2. The number of nitriles is 1. The van der Waals surface area contributed by atoms with Crippen LogP contribution in [0.5, 0.6) is 5.75 Å². The van der Waals surface area contributed by atoms with Crippen LogP contribution in [-0.4, -0.2) is 12.4 Å². The lowest BCUT2D eigenvalue weighted by atomic mass is 10.1. The van der Waals surface area contributed by atoms with Gasteiger partial charge in [-0.3, -0.25) is 4.79 Å². The van der Waals surface area contributed by atoms with Crippen molar-refractivity contribution in [2.45, 2.75) is 0 Å². The van der Waals surface area contributed by atoms with Crippen molar-refractivity contribution in [1.82, 2.24) is 0 Å². The van der Waals surface area contributed by atoms with Crippen molar-refractivity contribution in [3.8, 4) is 11.8 Å². The Kier molecular flexibility index (Phi) is 3.89. The fourth-order valence-corrected chi connectivity index (χ4v) is 1.53. The molecule has 0 atom stereocenters. The number of carbonyl (C=O) groups excluding carboxylic acids is 1. The third-order valence-corrected chi connectivity index (χ3v) is 2.52. The minimum Gasteiger partial charge on any atom is -0.485 e. The first kappa shape index (κ1) is 12.8. The first-order chi connectivity index (χ1) is 9.20. The number of ketones is 1. The van der Waals surface area contributed by atoms with Gasteiger partial charge in [0.2, 0.25) is 0 Å². The van der Waals surface area contributed by atoms with E-state index in [0.717, 1.165) is 6.07 Å². The maximum Gasteiger partial charge on any atom is 0.200 e. The van der Waals surface area contributed by atoms with E-state index in [1.165, 1.54) is 12.1 Å². The predicted octanol–water partition coefficient (Wildman–Crippen LogP) is 2.96. The Labute approximate surface area is 109 Å². The Balaban J connectivity index is 2.05. The number of rotatable bonds is 4. The van der Waals surface area contributed by atoms with Gasteiger partial charge < -0.3 is 4.74 Å². The zero-order valence-corrected chi connectivity index (χ0v) is 9.97. The van der Waals surface area contributed by atoms with E-state index < -0.39 is 5.82 Å². The molecule has 0 unspecified atom stereocenters. The highest BCUT2D eigenvalue weighted by Gasteiger charge is 2.10. The molecule has 0 saturated heterocycles. The van der Waals surface area contributed by atoms with Crippen molar-refractivity contribution in [1.29, 1.82) is 5.26 Å². The molecule has 0 aliphatic rings. The number of Topliss-reactive ketones (excluding diaryl/α,β-unsaturated/α-hetero) is 1. The average Bonchev–Trinajstić information content (AvgIpc) is 2.45. The van der Waals surface area contributed by atoms with Gasteiger partial charge in [-0.05, 0) is 30.3 Å². The van der Waals surface area contributed by atoms with Gasteiger partial charge in [0.25, 0.3) is 0 Å². The molecule has 0 saturated carbocycles. The molecule has 19 heavy (non-hydrogen) atoms. The molecule has 0 aliphatic heterocycles. The van der Waals surface area contributed by atoms with Gasteiger partial charge in [0.1, 0.15) is 17.6 Å². The number of hydrogen-bond donors (Lipinski definition) is 0. The average molecular weight is 255 g/mol. The van der Waals surface area contributed by atoms with Gasteiger partial charge in [0.05, 0.1) is 5.56 Å². The van der Waals surface area contributed by atoms with Crippen molar-refractivity contribution in [3.63, 3.8) is 0 Å². The van der Waals surface area contributed by atoms with Crippen molar-refractivity contribution in [2.75, 3.05) is 6.61 Å². The summed E-state index contributed by atoms with van der Waals surface area (Å²) in [6.45, 7) is -0.171. The highest BCUT2D eigenvalue weighted by molar-refractivity contribution is 5.97. The quantitative estimate of drug-likeness (QED) is 0.789. The fourth-order valence-electron chi connectivity index (χ4n) is 1.53. The van der Waals surface area contributed by atoms with Crippen molar-refractivity contribution in [3.05, 3.63) is 65.5 Å². The van der Waals surface area contributed by atoms with Gasteiger partial charge in [-0.1, -0.05) is 18.2 Å². The summed E-state index contributed by atoms with van der Waals surface area (Å²) < 4.78 is 18.6. The molecule has 0 spiro atoms. The molecule has 4 heteroatoms. The summed E-state index contributed by atoms with van der Waals surface area (Å²) >= 11 is 0. The van der Waals surface area contributed by atoms with Crippen LogP contribution in [0.4, 0.5) is 4.39 Å². The summed E-state index contributed by atoms with van der Waals surface area (Å²) in [4.78, 5) is 11.8. The fraction of sp³-hybridized carbons (Fsp3) is 0.0667. The summed E-state index contributed by atoms with van der Waals surface area (Å²) in [6, 6.07) is 14.3. The summed E-state index contributed by atoms with van der Waals surface area (Å²) in [5.41, 5.74) is 0.105. The van der Waals surface area contributed by atoms with E-state index in [0.29, 0.717) is 5.75 Å². The van der Waals surface area contributed by atoms with Crippen LogP contribution in [0.25, 0.3) is 0 Å². The summed E-state index contributed by atoms with van der Waals surface area (Å²) in [6.07, 6.45) is 0. The Morgan fingerprint density at radius 3 is 2.58 bits per heavy atom. The molecule has 3 nitrogen and oxygen atoms in total. The van der Waals surface area contributed by atoms with Gasteiger partial charge in [0, 0.05) is 5.56 Å². The molecule has 0 aliphatic carbocycles. The summed E-state index contributed by atoms with van der Waals surface area (Å²) in [7, 11) is 0. The third kappa shape index (κ3) is 3.17. The van der Waals surface area contributed by atoms with Crippen molar-refractivity contribution in [2.24, 2.45) is 0 Å². The minimum absolute atomic E-state index is 0.0828. The SMILES string of the molecule is N#Cc1ccc(C(=O)COc2ccccc2)cc1F. The molecule has 94 valence electrons. The highest BCUT2D eigenvalue weighted by Crippen LogP contribution is 2.12. The van der Waals surface area contributed by atoms with Gasteiger partial charge >= 0.3 is 0 Å². The second kappa shape index (κ2) is 5.78. The van der Waals surface area contributed by atoms with Crippen molar-refractivity contribution >= 4 is 5.78 Å². The summed E-state index contributed by atoms with van der Waals surface area (Å²) in [5.74, 6) is -0.467. The Morgan fingerprint density at radius 1 is 1.21 bits per heavy atom. The molecule has 0 aromatic heterocycles. The van der Waals surface area contributed by atoms with Crippen molar-refractivity contribution < 1.29 is 13.9 Å². The molecular formula is C15H10FNO2. The van der Waals surface area contributed by atoms with Crippen LogP contribution in [0.15, 0.2) is 48.5 Å². The highest BCUT2D eigenvalue weighted by atomic mass is 19.1. The molecule has 2 rings (SSSR count). The second-order valence-electron chi connectivity index (χ2n) is 3.83. The van der Waals surface area contributed by atoms with Crippen LogP contribution in [0.2, 0.25) is 0 Å². The van der Waals surface area contributed by atoms with Crippen LogP contribution in [0, 0.1) is 17.1 Å². The number of para-hydroxylation sites is 1. The number of carbonyl (C=O) groups is 1. The van der Waals surface area contributed by atoms with Gasteiger partial charge in [-0.15, -0.1) is 0 Å². The molecule has 0 fully saturated rings. The largest absolute Gasteiger partial charge is 0.485 e. The minimum atomic E-state index is -0.701. The molecule has 0 N–H and O–H groups in total. The lowest BCUT2D eigenvalue weighted by Gasteiger charge is -2.05. The van der Waals surface area contributed by atoms with E-state index in [1.807, 2.05) is 6.07 Å². The van der Waals surface area contributed by atoms with Gasteiger partial charge in [0.15, 0.2) is 12.4 Å². The van der Waals surface area contributed by atoms with E-state index in [1.54, 1.807) is 30.3 Å². The molecule has 0 amide bonds. The molecule has 0 radical (unpaired) electrons. The predicted molar refractivity (Wildman–Crippen MR) is 67.4 cm³/mol. The topological polar surface area (TPSA) is 50.1 Å². The third-order valence-electron chi connectivity index (χ3n) is 2.52. The Hall–Kier alpha value is -2.67. The number of ether oxygens (including phenoxy) is 1. The zero-order valence-electron chi connectivity index (χ0n) is 9.97. The van der Waals surface area contributed by atoms with Crippen LogP contribution in [0.1, 0.15) is 15.9 Å². The van der Waals surface area contributed by atoms with Gasteiger partial charge in [-0.25, -0.2) is 4.39 Å². The van der Waals surface area contributed by atoms with Gasteiger partial charge in [-0.2, -0.15) is 5.26 Å². The van der Waals surface area contributed by atoms with Crippen LogP contribution < -0.4 is 4.74 Å². The van der Waals surface area contributed by atoms with E-state index in [4.69, 9.17) is 10.00 Å². The number of halogens is 1. The number of hydrogen-bond acceptors (Lipinski definition) is 3. The summed E-state index contributed by atoms with van der Waals surface area (Å²) in [5, 5.41) is 8.60. The molecule has 0 bridgehead atoms. The first-order valence-corrected chi connectivity index (χ1v) is 5.61. The van der Waals surface area contributed by atoms with Crippen LogP contribution >= 0.6 is 0 Å². The lowest BCUT2D eigenvalue weighted by Crippen LogP contribution is -2.12. The van der Waals surface area contributed by atoms with E-state index in [-0.39, 0.29) is 23.5 Å². The van der Waals surface area contributed by atoms with E-state index >= 15 is 0 Å². The molecule has 0 heterocycles. The zero-order chi connectivity index (χ0) is 13.7. The van der Waals surface area contributed by atoms with E-state index in [9.17, 15) is 9.18 Å². The lowest BCUT2D eigenvalue weighted by molar-refractivity contribution is 0.0921. The molecule has 2 aromatic rings. The maximum absolute atomic E-state index is 13.4. The normalized spacial score (nSPS) is 9.68. The van der Waals surface area contributed by atoms with Crippen LogP contribution in [-0.2, 0) is 0 Å². The first-order valence-electron chi connectivity index (χ1n) is 5.61. The Morgan fingerprint density at radius 2 is 1.95 bits per heavy atom. The van der Waals surface area contributed by atoms with Crippen LogP contribution in [0.3, 0.4) is 0 Å². The smallest absolute Gasteiger partial charge is 0.200 e. The molecule has 2 aromatic carbocycles. The maximum atomic E-state index is 13.4. The standard InChI is InChI=1S/C15H10FNO2/c16-14-8-11(6-7-12(14)9-17)15(18)10-19-13-4-2-1-3-5-13/h1-8H,10H2. The molecular weight excluding hydrogens is 245 g/mol.